The number of cyclic esters (lactones) is 1. The largest absolute Gasteiger partial charge is 0.464 e. The summed E-state index contributed by atoms with van der Waals surface area (Å²) in [5, 5.41) is 3.02. The Morgan fingerprint density at radius 1 is 1.56 bits per heavy atom. The van der Waals surface area contributed by atoms with E-state index < -0.39 is 18.0 Å². The van der Waals surface area contributed by atoms with Gasteiger partial charge in [0.1, 0.15) is 6.61 Å². The van der Waals surface area contributed by atoms with Crippen LogP contribution in [0.25, 0.3) is 0 Å². The minimum atomic E-state index is -0.656. The number of aryl methyl sites for hydroxylation is 1. The molecule has 2 rings (SSSR count). The highest BCUT2D eigenvalue weighted by molar-refractivity contribution is 5.98. The molecule has 0 saturated carbocycles. The number of hydrogen-bond acceptors (Lipinski definition) is 5. The number of esters is 2. The molecule has 0 radical (unpaired) electrons. The molecule has 1 atom stereocenters. The lowest BCUT2D eigenvalue weighted by molar-refractivity contribution is -0.144. The number of benzene rings is 1. The van der Waals surface area contributed by atoms with E-state index in [1.807, 2.05) is 13.0 Å². The van der Waals surface area contributed by atoms with Crippen LogP contribution in [0.5, 0.6) is 0 Å². The fourth-order valence-corrected chi connectivity index (χ4v) is 1.85. The molecule has 0 bridgehead atoms. The maximum atomic E-state index is 11.8. The van der Waals surface area contributed by atoms with Gasteiger partial charge in [-0.15, -0.1) is 0 Å². The van der Waals surface area contributed by atoms with Crippen molar-refractivity contribution in [2.75, 3.05) is 18.5 Å². The lowest BCUT2D eigenvalue weighted by Gasteiger charge is -2.16. The number of nitrogens with one attached hydrogen (secondary N) is 1. The lowest BCUT2D eigenvalue weighted by Crippen LogP contribution is -2.35. The normalized spacial score (nSPS) is 18.1. The first-order valence-electron chi connectivity index (χ1n) is 5.83. The highest BCUT2D eigenvalue weighted by Gasteiger charge is 2.28. The number of carbonyl (C=O) groups is 2. The summed E-state index contributed by atoms with van der Waals surface area (Å²) in [6.07, 6.45) is 0. The van der Waals surface area contributed by atoms with Crippen molar-refractivity contribution in [2.24, 2.45) is 0 Å². The molecule has 1 unspecified atom stereocenters. The molecule has 1 aliphatic rings. The second-order valence-corrected chi connectivity index (χ2v) is 4.04. The van der Waals surface area contributed by atoms with Crippen LogP contribution in [0.15, 0.2) is 18.2 Å². The quantitative estimate of drug-likeness (QED) is 0.805. The average molecular weight is 249 g/mol. The molecule has 0 fully saturated rings. The van der Waals surface area contributed by atoms with Crippen molar-refractivity contribution >= 4 is 17.6 Å². The van der Waals surface area contributed by atoms with Crippen LogP contribution in [-0.4, -0.2) is 31.2 Å². The van der Waals surface area contributed by atoms with Gasteiger partial charge in [-0.05, 0) is 25.5 Å². The van der Waals surface area contributed by atoms with Crippen molar-refractivity contribution in [3.63, 3.8) is 0 Å². The van der Waals surface area contributed by atoms with Crippen molar-refractivity contribution in [1.82, 2.24) is 0 Å². The molecule has 0 saturated heterocycles. The first-order valence-corrected chi connectivity index (χ1v) is 5.83. The van der Waals surface area contributed by atoms with E-state index in [1.165, 1.54) is 0 Å². The Labute approximate surface area is 105 Å². The highest BCUT2D eigenvalue weighted by Crippen LogP contribution is 2.25. The van der Waals surface area contributed by atoms with Crippen LogP contribution in [0.1, 0.15) is 22.8 Å². The maximum absolute atomic E-state index is 11.8. The molecule has 1 aliphatic heterocycles. The standard InChI is InChI=1S/C13H15NO4/c1-3-17-13(16)10-7-18-12(15)9-6-4-5-8(2)11(9)14-10/h4-6,10,14H,3,7H2,1-2H3. The maximum Gasteiger partial charge on any atom is 0.340 e. The van der Waals surface area contributed by atoms with Crippen LogP contribution in [0.2, 0.25) is 0 Å². The van der Waals surface area contributed by atoms with Gasteiger partial charge in [-0.3, -0.25) is 0 Å². The Kier molecular flexibility index (Phi) is 3.50. The molecule has 0 aliphatic carbocycles. The second-order valence-electron chi connectivity index (χ2n) is 4.04. The Morgan fingerprint density at radius 2 is 2.33 bits per heavy atom. The second kappa shape index (κ2) is 5.08. The van der Waals surface area contributed by atoms with Crippen LogP contribution in [-0.2, 0) is 14.3 Å². The zero-order valence-electron chi connectivity index (χ0n) is 10.4. The van der Waals surface area contributed by atoms with Gasteiger partial charge in [0, 0.05) is 0 Å². The number of fused-ring (bicyclic) bond motifs is 1. The van der Waals surface area contributed by atoms with Crippen LogP contribution in [0.3, 0.4) is 0 Å². The van der Waals surface area contributed by atoms with Gasteiger partial charge in [0.15, 0.2) is 6.04 Å². The molecule has 1 aromatic rings. The molecule has 1 aromatic carbocycles. The number of anilines is 1. The van der Waals surface area contributed by atoms with Gasteiger partial charge >= 0.3 is 11.9 Å². The third kappa shape index (κ3) is 2.30. The van der Waals surface area contributed by atoms with Gasteiger partial charge in [0.05, 0.1) is 17.9 Å². The minimum Gasteiger partial charge on any atom is -0.464 e. The Hall–Kier alpha value is -2.04. The summed E-state index contributed by atoms with van der Waals surface area (Å²) >= 11 is 0. The number of rotatable bonds is 2. The molecule has 0 spiro atoms. The Bertz CT molecular complexity index is 484. The summed E-state index contributed by atoms with van der Waals surface area (Å²) in [7, 11) is 0. The summed E-state index contributed by atoms with van der Waals surface area (Å²) in [6, 6.07) is 4.66. The van der Waals surface area contributed by atoms with E-state index in [9.17, 15) is 9.59 Å². The highest BCUT2D eigenvalue weighted by atomic mass is 16.6. The first-order chi connectivity index (χ1) is 8.63. The van der Waals surface area contributed by atoms with Crippen molar-refractivity contribution in [3.8, 4) is 0 Å². The summed E-state index contributed by atoms with van der Waals surface area (Å²) in [4.78, 5) is 23.5. The average Bonchev–Trinajstić information content (AvgIpc) is 2.51. The Morgan fingerprint density at radius 3 is 3.06 bits per heavy atom. The van der Waals surface area contributed by atoms with E-state index in [2.05, 4.69) is 5.32 Å². The molecular weight excluding hydrogens is 234 g/mol. The third-order valence-corrected chi connectivity index (χ3v) is 2.76. The summed E-state index contributed by atoms with van der Waals surface area (Å²) in [5.74, 6) is -0.839. The molecular formula is C13H15NO4. The van der Waals surface area contributed by atoms with Crippen LogP contribution >= 0.6 is 0 Å². The van der Waals surface area contributed by atoms with Crippen molar-refractivity contribution < 1.29 is 19.1 Å². The molecule has 5 heteroatoms. The van der Waals surface area contributed by atoms with Gasteiger partial charge in [-0.2, -0.15) is 0 Å². The van der Waals surface area contributed by atoms with Crippen molar-refractivity contribution in [2.45, 2.75) is 19.9 Å². The van der Waals surface area contributed by atoms with Gasteiger partial charge in [0.2, 0.25) is 0 Å². The topological polar surface area (TPSA) is 64.6 Å². The number of carbonyl (C=O) groups excluding carboxylic acids is 2. The van der Waals surface area contributed by atoms with Gasteiger partial charge in [-0.25, -0.2) is 9.59 Å². The van der Waals surface area contributed by atoms with Crippen molar-refractivity contribution in [3.05, 3.63) is 29.3 Å². The van der Waals surface area contributed by atoms with E-state index >= 15 is 0 Å². The molecule has 5 nitrogen and oxygen atoms in total. The predicted octanol–water partition coefficient (Wildman–Crippen LogP) is 1.51. The van der Waals surface area contributed by atoms with E-state index in [-0.39, 0.29) is 6.61 Å². The lowest BCUT2D eigenvalue weighted by atomic mass is 10.1. The minimum absolute atomic E-state index is 0.0220. The van der Waals surface area contributed by atoms with E-state index in [4.69, 9.17) is 9.47 Å². The van der Waals surface area contributed by atoms with Gasteiger partial charge < -0.3 is 14.8 Å². The first kappa shape index (κ1) is 12.4. The molecule has 96 valence electrons. The monoisotopic (exact) mass is 249 g/mol. The molecule has 1 N–H and O–H groups in total. The molecule has 0 amide bonds. The van der Waals surface area contributed by atoms with Crippen molar-refractivity contribution in [1.29, 1.82) is 0 Å². The van der Waals surface area contributed by atoms with E-state index in [1.54, 1.807) is 19.1 Å². The summed E-state index contributed by atoms with van der Waals surface area (Å²) in [6.45, 7) is 3.88. The SMILES string of the molecule is CCOC(=O)C1COC(=O)c2cccc(C)c2N1. The van der Waals surface area contributed by atoms with E-state index in [0.29, 0.717) is 17.9 Å². The zero-order chi connectivity index (χ0) is 13.1. The third-order valence-electron chi connectivity index (χ3n) is 2.76. The predicted molar refractivity (Wildman–Crippen MR) is 65.5 cm³/mol. The van der Waals surface area contributed by atoms with Crippen LogP contribution in [0, 0.1) is 6.92 Å². The number of hydrogen-bond donors (Lipinski definition) is 1. The van der Waals surface area contributed by atoms with E-state index in [0.717, 1.165) is 5.56 Å². The van der Waals surface area contributed by atoms with Crippen LogP contribution in [0.4, 0.5) is 5.69 Å². The fraction of sp³-hybridized carbons (Fsp3) is 0.385. The molecule has 18 heavy (non-hydrogen) atoms. The molecule has 0 aromatic heterocycles. The summed E-state index contributed by atoms with van der Waals surface area (Å²) < 4.78 is 10.00. The fourth-order valence-electron chi connectivity index (χ4n) is 1.85. The summed E-state index contributed by atoms with van der Waals surface area (Å²) in [5.41, 5.74) is 1.97. The zero-order valence-corrected chi connectivity index (χ0v) is 10.4. The van der Waals surface area contributed by atoms with Crippen LogP contribution < -0.4 is 5.32 Å². The molecule has 1 heterocycles. The number of ether oxygens (including phenoxy) is 2. The van der Waals surface area contributed by atoms with Gasteiger partial charge in [0.25, 0.3) is 0 Å². The number of para-hydroxylation sites is 1. The van der Waals surface area contributed by atoms with Gasteiger partial charge in [-0.1, -0.05) is 12.1 Å². The smallest absolute Gasteiger partial charge is 0.340 e. The Balaban J connectivity index is 2.32.